The molecule has 9 nitrogen and oxygen atoms in total. The highest BCUT2D eigenvalue weighted by Crippen LogP contribution is 2.31. The van der Waals surface area contributed by atoms with Gasteiger partial charge in [0.25, 0.3) is 17.5 Å². The molecule has 1 aliphatic heterocycles. The van der Waals surface area contributed by atoms with E-state index in [-0.39, 0.29) is 28.4 Å². The summed E-state index contributed by atoms with van der Waals surface area (Å²) in [6.45, 7) is 5.29. The number of hydrogen-bond acceptors (Lipinski definition) is 5. The van der Waals surface area contributed by atoms with Gasteiger partial charge in [-0.05, 0) is 45.0 Å². The molecule has 0 spiro atoms. The van der Waals surface area contributed by atoms with E-state index in [1.807, 2.05) is 0 Å². The lowest BCUT2D eigenvalue weighted by Crippen LogP contribution is -2.45. The van der Waals surface area contributed by atoms with Crippen LogP contribution in [0.5, 0.6) is 0 Å². The van der Waals surface area contributed by atoms with Crippen LogP contribution in [-0.4, -0.2) is 33.2 Å². The summed E-state index contributed by atoms with van der Waals surface area (Å²) >= 11 is 0. The average Bonchev–Trinajstić information content (AvgIpc) is 2.85. The van der Waals surface area contributed by atoms with Crippen molar-refractivity contribution >= 4 is 34.9 Å². The molecule has 0 aromatic heterocycles. The van der Waals surface area contributed by atoms with Crippen LogP contribution in [0.2, 0.25) is 0 Å². The molecule has 0 radical (unpaired) electrons. The summed E-state index contributed by atoms with van der Waals surface area (Å²) < 4.78 is 0. The summed E-state index contributed by atoms with van der Waals surface area (Å²) in [6.07, 6.45) is 0. The van der Waals surface area contributed by atoms with Gasteiger partial charge in [-0.3, -0.25) is 24.6 Å². The van der Waals surface area contributed by atoms with Gasteiger partial charge in [0.1, 0.15) is 0 Å². The number of imide groups is 1. The van der Waals surface area contributed by atoms with E-state index in [1.165, 1.54) is 47.4 Å². The number of rotatable bonds is 3. The topological polar surface area (TPSA) is 122 Å². The first-order valence-electron chi connectivity index (χ1n) is 8.43. The van der Waals surface area contributed by atoms with Crippen molar-refractivity contribution in [2.24, 2.45) is 0 Å². The number of carbonyl (C=O) groups is 3. The van der Waals surface area contributed by atoms with Crippen molar-refractivity contribution in [3.63, 3.8) is 0 Å². The number of hydrogen-bond donors (Lipinski definition) is 2. The smallest absolute Gasteiger partial charge is 0.308 e. The number of fused-ring (bicyclic) bond motifs is 1. The van der Waals surface area contributed by atoms with Gasteiger partial charge in [-0.1, -0.05) is 6.07 Å². The number of nitrogens with zero attached hydrogens (tertiary/aromatic N) is 2. The third kappa shape index (κ3) is 3.54. The van der Waals surface area contributed by atoms with Gasteiger partial charge in [0.05, 0.1) is 16.1 Å². The van der Waals surface area contributed by atoms with E-state index >= 15 is 0 Å². The SMILES string of the molecule is CC(C)(C)N1C(=O)c2ccc(NC(=O)Nc3cccc([N+](=O)[O-])c3)cc2C1=O. The largest absolute Gasteiger partial charge is 0.323 e. The van der Waals surface area contributed by atoms with Crippen LogP contribution >= 0.6 is 0 Å². The molecule has 0 unspecified atom stereocenters. The van der Waals surface area contributed by atoms with Crippen molar-refractivity contribution in [3.05, 3.63) is 63.7 Å². The summed E-state index contributed by atoms with van der Waals surface area (Å²) in [6, 6.07) is 9.32. The molecule has 3 rings (SSSR count). The predicted molar refractivity (Wildman–Crippen MR) is 102 cm³/mol. The lowest BCUT2D eigenvalue weighted by molar-refractivity contribution is -0.384. The Bertz CT molecular complexity index is 1010. The second-order valence-corrected chi connectivity index (χ2v) is 7.26. The van der Waals surface area contributed by atoms with Gasteiger partial charge in [0.2, 0.25) is 0 Å². The first-order chi connectivity index (χ1) is 13.1. The number of non-ortho nitro benzene ring substituents is 1. The standard InChI is InChI=1S/C19H18N4O5/c1-19(2,3)22-16(24)14-8-7-12(10-15(14)17(22)25)21-18(26)20-11-5-4-6-13(9-11)23(27)28/h4-10H,1-3H3,(H2,20,21,26). The Morgan fingerprint density at radius 3 is 2.18 bits per heavy atom. The number of carbonyl (C=O) groups excluding carboxylic acids is 3. The minimum absolute atomic E-state index is 0.151. The first-order valence-corrected chi connectivity index (χ1v) is 8.43. The molecule has 144 valence electrons. The molecule has 4 amide bonds. The number of nitro groups is 1. The van der Waals surface area contributed by atoms with Crippen LogP contribution in [-0.2, 0) is 0 Å². The van der Waals surface area contributed by atoms with E-state index in [2.05, 4.69) is 10.6 Å². The summed E-state index contributed by atoms with van der Waals surface area (Å²) in [7, 11) is 0. The number of amides is 4. The van der Waals surface area contributed by atoms with Gasteiger partial charge in [-0.15, -0.1) is 0 Å². The van der Waals surface area contributed by atoms with Gasteiger partial charge >= 0.3 is 6.03 Å². The maximum Gasteiger partial charge on any atom is 0.323 e. The molecule has 0 aliphatic carbocycles. The van der Waals surface area contributed by atoms with Crippen molar-refractivity contribution in [1.29, 1.82) is 0 Å². The van der Waals surface area contributed by atoms with Crippen molar-refractivity contribution in [1.82, 2.24) is 4.90 Å². The number of nitrogens with one attached hydrogen (secondary N) is 2. The predicted octanol–water partition coefficient (Wildman–Crippen LogP) is 3.63. The van der Waals surface area contributed by atoms with Gasteiger partial charge in [-0.25, -0.2) is 4.79 Å². The molecular weight excluding hydrogens is 364 g/mol. The molecule has 2 aromatic carbocycles. The minimum atomic E-state index is -0.666. The molecule has 0 saturated carbocycles. The van der Waals surface area contributed by atoms with Crippen molar-refractivity contribution < 1.29 is 19.3 Å². The van der Waals surface area contributed by atoms with Gasteiger partial charge in [-0.2, -0.15) is 0 Å². The molecular formula is C19H18N4O5. The molecule has 0 atom stereocenters. The summed E-state index contributed by atoms with van der Waals surface area (Å²) in [5.41, 5.74) is 0.246. The fraction of sp³-hybridized carbons (Fsp3) is 0.211. The Morgan fingerprint density at radius 1 is 0.964 bits per heavy atom. The van der Waals surface area contributed by atoms with E-state index in [9.17, 15) is 24.5 Å². The maximum atomic E-state index is 12.6. The minimum Gasteiger partial charge on any atom is -0.308 e. The molecule has 28 heavy (non-hydrogen) atoms. The van der Waals surface area contributed by atoms with E-state index in [1.54, 1.807) is 20.8 Å². The highest BCUT2D eigenvalue weighted by Gasteiger charge is 2.41. The second-order valence-electron chi connectivity index (χ2n) is 7.26. The molecule has 0 saturated heterocycles. The number of anilines is 2. The molecule has 9 heteroatoms. The zero-order chi connectivity index (χ0) is 20.6. The van der Waals surface area contributed by atoms with Crippen molar-refractivity contribution in [2.45, 2.75) is 26.3 Å². The van der Waals surface area contributed by atoms with Crippen LogP contribution in [0, 0.1) is 10.1 Å². The fourth-order valence-electron chi connectivity index (χ4n) is 2.92. The molecule has 2 N–H and O–H groups in total. The van der Waals surface area contributed by atoms with E-state index in [0.29, 0.717) is 5.69 Å². The third-order valence-electron chi connectivity index (χ3n) is 4.13. The normalized spacial score (nSPS) is 13.3. The van der Waals surface area contributed by atoms with Crippen molar-refractivity contribution in [3.8, 4) is 0 Å². The quantitative estimate of drug-likeness (QED) is 0.477. The van der Waals surface area contributed by atoms with Crippen LogP contribution in [0.3, 0.4) is 0 Å². The Hall–Kier alpha value is -3.75. The lowest BCUT2D eigenvalue weighted by Gasteiger charge is -2.29. The fourth-order valence-corrected chi connectivity index (χ4v) is 2.92. The Kier molecular flexibility index (Phi) is 4.60. The van der Waals surface area contributed by atoms with Crippen molar-refractivity contribution in [2.75, 3.05) is 10.6 Å². The van der Waals surface area contributed by atoms with Crippen LogP contribution in [0.4, 0.5) is 21.9 Å². The molecule has 0 fully saturated rings. The molecule has 1 aliphatic rings. The van der Waals surface area contributed by atoms with Gasteiger partial charge in [0, 0.05) is 29.0 Å². The van der Waals surface area contributed by atoms with Crippen LogP contribution in [0.25, 0.3) is 0 Å². The first kappa shape index (κ1) is 19.0. The van der Waals surface area contributed by atoms with E-state index in [0.717, 1.165) is 0 Å². The average molecular weight is 382 g/mol. The number of urea groups is 1. The maximum absolute atomic E-state index is 12.6. The number of nitro benzene ring substituents is 1. The summed E-state index contributed by atoms with van der Waals surface area (Å²) in [4.78, 5) is 48.7. The lowest BCUT2D eigenvalue weighted by atomic mass is 10.1. The number of benzene rings is 2. The van der Waals surface area contributed by atoms with Crippen LogP contribution in [0.1, 0.15) is 41.5 Å². The molecule has 0 bridgehead atoms. The Balaban J connectivity index is 1.77. The molecule has 2 aromatic rings. The zero-order valence-corrected chi connectivity index (χ0v) is 15.5. The van der Waals surface area contributed by atoms with E-state index in [4.69, 9.17) is 0 Å². The third-order valence-corrected chi connectivity index (χ3v) is 4.13. The Morgan fingerprint density at radius 2 is 1.57 bits per heavy atom. The molecule has 1 heterocycles. The Labute approximate surface area is 160 Å². The van der Waals surface area contributed by atoms with Crippen LogP contribution in [0.15, 0.2) is 42.5 Å². The van der Waals surface area contributed by atoms with Gasteiger partial charge < -0.3 is 10.6 Å². The monoisotopic (exact) mass is 382 g/mol. The van der Waals surface area contributed by atoms with Crippen LogP contribution < -0.4 is 10.6 Å². The van der Waals surface area contributed by atoms with E-state index < -0.39 is 22.4 Å². The zero-order valence-electron chi connectivity index (χ0n) is 15.5. The highest BCUT2D eigenvalue weighted by atomic mass is 16.6. The highest BCUT2D eigenvalue weighted by molar-refractivity contribution is 6.22. The second kappa shape index (κ2) is 6.76. The summed E-state index contributed by atoms with van der Waals surface area (Å²) in [5, 5.41) is 15.9. The summed E-state index contributed by atoms with van der Waals surface area (Å²) in [5.74, 6) is -0.796. The van der Waals surface area contributed by atoms with Gasteiger partial charge in [0.15, 0.2) is 0 Å².